The summed E-state index contributed by atoms with van der Waals surface area (Å²) in [6, 6.07) is 8.18. The number of rotatable bonds is 7. The predicted octanol–water partition coefficient (Wildman–Crippen LogP) is 5.23. The number of nitrogens with zero attached hydrogens (tertiary/aromatic N) is 2. The Bertz CT molecular complexity index is 651. The van der Waals surface area contributed by atoms with Crippen molar-refractivity contribution in [3.63, 3.8) is 0 Å². The van der Waals surface area contributed by atoms with Crippen LogP contribution in [0.4, 0.5) is 0 Å². The van der Waals surface area contributed by atoms with Crippen LogP contribution in [0.1, 0.15) is 57.2 Å². The van der Waals surface area contributed by atoms with Crippen molar-refractivity contribution in [2.75, 3.05) is 6.61 Å². The zero-order valence-corrected chi connectivity index (χ0v) is 14.9. The number of hydrogen-bond donors (Lipinski definition) is 0. The molecule has 3 nitrogen and oxygen atoms in total. The second-order valence-electron chi connectivity index (χ2n) is 6.95. The second kappa shape index (κ2) is 8.27. The van der Waals surface area contributed by atoms with E-state index in [9.17, 15) is 0 Å². The summed E-state index contributed by atoms with van der Waals surface area (Å²) in [6.45, 7) is 5.33. The minimum Gasteiger partial charge on any atom is -0.494 e. The highest BCUT2D eigenvalue weighted by Crippen LogP contribution is 2.26. The van der Waals surface area contributed by atoms with E-state index in [-0.39, 0.29) is 0 Å². The van der Waals surface area contributed by atoms with Gasteiger partial charge in [0.15, 0.2) is 5.82 Å². The van der Waals surface area contributed by atoms with Gasteiger partial charge in [0.05, 0.1) is 6.61 Å². The fraction of sp³-hybridized carbons (Fsp3) is 0.524. The third-order valence-corrected chi connectivity index (χ3v) is 4.78. The van der Waals surface area contributed by atoms with Gasteiger partial charge < -0.3 is 4.74 Å². The monoisotopic (exact) mass is 324 g/mol. The molecule has 0 bridgehead atoms. The molecule has 0 saturated carbocycles. The van der Waals surface area contributed by atoms with E-state index >= 15 is 0 Å². The van der Waals surface area contributed by atoms with E-state index in [0.717, 1.165) is 48.9 Å². The molecule has 1 aliphatic carbocycles. The molecule has 0 N–H and O–H groups in total. The Morgan fingerprint density at radius 3 is 2.75 bits per heavy atom. The highest BCUT2D eigenvalue weighted by atomic mass is 16.5. The molecule has 1 aromatic carbocycles. The van der Waals surface area contributed by atoms with E-state index < -0.39 is 0 Å². The molecule has 1 aliphatic rings. The first-order chi connectivity index (χ1) is 11.8. The molecule has 0 aliphatic heterocycles. The lowest BCUT2D eigenvalue weighted by atomic mass is 9.89. The zero-order valence-electron chi connectivity index (χ0n) is 14.9. The Balaban J connectivity index is 1.61. The van der Waals surface area contributed by atoms with Crippen molar-refractivity contribution in [2.45, 2.75) is 58.8 Å². The van der Waals surface area contributed by atoms with E-state index in [2.05, 4.69) is 31.0 Å². The largest absolute Gasteiger partial charge is 0.494 e. The lowest BCUT2D eigenvalue weighted by Gasteiger charge is -2.20. The van der Waals surface area contributed by atoms with E-state index in [1.165, 1.54) is 36.9 Å². The van der Waals surface area contributed by atoms with Crippen LogP contribution in [-0.4, -0.2) is 16.6 Å². The summed E-state index contributed by atoms with van der Waals surface area (Å²) in [5, 5.41) is 0. The van der Waals surface area contributed by atoms with Crippen LogP contribution in [0.15, 0.2) is 30.5 Å². The molecular weight excluding hydrogens is 296 g/mol. The Labute approximate surface area is 145 Å². The van der Waals surface area contributed by atoms with Crippen molar-refractivity contribution >= 4 is 0 Å². The normalized spacial score (nSPS) is 16.7. The third kappa shape index (κ3) is 4.34. The van der Waals surface area contributed by atoms with Gasteiger partial charge in [0.2, 0.25) is 0 Å². The number of hydrogen-bond acceptors (Lipinski definition) is 3. The highest BCUT2D eigenvalue weighted by molar-refractivity contribution is 5.56. The number of ether oxygens (including phenoxy) is 1. The van der Waals surface area contributed by atoms with Crippen LogP contribution in [0.25, 0.3) is 11.4 Å². The van der Waals surface area contributed by atoms with Crippen molar-refractivity contribution in [1.29, 1.82) is 0 Å². The summed E-state index contributed by atoms with van der Waals surface area (Å²) >= 11 is 0. The smallest absolute Gasteiger partial charge is 0.159 e. The Morgan fingerprint density at radius 2 is 1.96 bits per heavy atom. The summed E-state index contributed by atoms with van der Waals surface area (Å²) in [5.41, 5.74) is 3.62. The molecule has 128 valence electrons. The van der Waals surface area contributed by atoms with Gasteiger partial charge in [0, 0.05) is 17.5 Å². The maximum atomic E-state index is 5.80. The van der Waals surface area contributed by atoms with E-state index in [4.69, 9.17) is 9.72 Å². The lowest BCUT2D eigenvalue weighted by Crippen LogP contribution is -2.14. The van der Waals surface area contributed by atoms with Crippen LogP contribution in [0.3, 0.4) is 0 Å². The summed E-state index contributed by atoms with van der Waals surface area (Å²) in [6.07, 6.45) is 10.4. The van der Waals surface area contributed by atoms with Crippen molar-refractivity contribution in [3.8, 4) is 17.1 Å². The van der Waals surface area contributed by atoms with Gasteiger partial charge in [0.1, 0.15) is 5.75 Å². The summed E-state index contributed by atoms with van der Waals surface area (Å²) in [5.74, 6) is 2.51. The van der Waals surface area contributed by atoms with Crippen LogP contribution in [0, 0.1) is 5.92 Å². The molecule has 1 aromatic heterocycles. The van der Waals surface area contributed by atoms with E-state index in [1.807, 2.05) is 18.3 Å². The van der Waals surface area contributed by atoms with Crippen LogP contribution in [0.2, 0.25) is 0 Å². The van der Waals surface area contributed by atoms with Crippen LogP contribution in [0.5, 0.6) is 5.75 Å². The molecular formula is C21H28N2O. The zero-order chi connectivity index (χ0) is 16.8. The summed E-state index contributed by atoms with van der Waals surface area (Å²) in [4.78, 5) is 9.36. The van der Waals surface area contributed by atoms with Crippen LogP contribution in [-0.2, 0) is 12.8 Å². The molecule has 24 heavy (non-hydrogen) atoms. The van der Waals surface area contributed by atoms with Gasteiger partial charge >= 0.3 is 0 Å². The molecule has 0 spiro atoms. The fourth-order valence-corrected chi connectivity index (χ4v) is 3.25. The molecule has 2 aromatic rings. The molecule has 3 rings (SSSR count). The molecule has 3 heteroatoms. The van der Waals surface area contributed by atoms with Gasteiger partial charge in [-0.05, 0) is 61.4 Å². The van der Waals surface area contributed by atoms with Gasteiger partial charge in [-0.2, -0.15) is 0 Å². The van der Waals surface area contributed by atoms with Gasteiger partial charge in [-0.25, -0.2) is 9.97 Å². The minimum atomic E-state index is 0.751. The molecule has 0 radical (unpaired) electrons. The Kier molecular flexibility index (Phi) is 5.84. The van der Waals surface area contributed by atoms with Gasteiger partial charge in [-0.1, -0.05) is 33.1 Å². The maximum absolute atomic E-state index is 5.80. The molecule has 1 heterocycles. The molecule has 0 saturated heterocycles. The molecule has 0 fully saturated rings. The van der Waals surface area contributed by atoms with Crippen molar-refractivity contribution in [3.05, 3.63) is 41.7 Å². The molecule has 1 unspecified atom stereocenters. The van der Waals surface area contributed by atoms with Crippen molar-refractivity contribution < 1.29 is 4.74 Å². The number of fused-ring (bicyclic) bond motifs is 1. The minimum absolute atomic E-state index is 0.751. The Hall–Kier alpha value is -1.90. The SMILES string of the molecule is CCCCCCOc1ccc(-c2ncc3c(n2)CCC(C)C3)cc1. The third-order valence-electron chi connectivity index (χ3n) is 4.78. The van der Waals surface area contributed by atoms with Gasteiger partial charge in [0.25, 0.3) is 0 Å². The van der Waals surface area contributed by atoms with E-state index in [1.54, 1.807) is 0 Å². The Morgan fingerprint density at radius 1 is 1.12 bits per heavy atom. The number of aryl methyl sites for hydroxylation is 1. The highest BCUT2D eigenvalue weighted by Gasteiger charge is 2.17. The first kappa shape index (κ1) is 16.9. The molecule has 1 atom stereocenters. The van der Waals surface area contributed by atoms with Gasteiger partial charge in [-0.15, -0.1) is 0 Å². The molecule has 0 amide bonds. The lowest BCUT2D eigenvalue weighted by molar-refractivity contribution is 0.305. The number of benzene rings is 1. The second-order valence-corrected chi connectivity index (χ2v) is 6.95. The number of aromatic nitrogens is 2. The quantitative estimate of drug-likeness (QED) is 0.654. The van der Waals surface area contributed by atoms with Crippen LogP contribution >= 0.6 is 0 Å². The maximum Gasteiger partial charge on any atom is 0.159 e. The van der Waals surface area contributed by atoms with Crippen LogP contribution < -0.4 is 4.74 Å². The van der Waals surface area contributed by atoms with E-state index in [0.29, 0.717) is 0 Å². The first-order valence-corrected chi connectivity index (χ1v) is 9.34. The van der Waals surface area contributed by atoms with Gasteiger partial charge in [-0.3, -0.25) is 0 Å². The average molecular weight is 324 g/mol. The summed E-state index contributed by atoms with van der Waals surface area (Å²) in [7, 11) is 0. The average Bonchev–Trinajstić information content (AvgIpc) is 2.62. The number of unbranched alkanes of at least 4 members (excludes halogenated alkanes) is 3. The topological polar surface area (TPSA) is 35.0 Å². The predicted molar refractivity (Wildman–Crippen MR) is 98.3 cm³/mol. The summed E-state index contributed by atoms with van der Waals surface area (Å²) < 4.78 is 5.80. The fourth-order valence-electron chi connectivity index (χ4n) is 3.25. The van der Waals surface area contributed by atoms with Crippen molar-refractivity contribution in [2.24, 2.45) is 5.92 Å². The first-order valence-electron chi connectivity index (χ1n) is 9.34. The van der Waals surface area contributed by atoms with Crippen molar-refractivity contribution in [1.82, 2.24) is 9.97 Å². The standard InChI is InChI=1S/C21H28N2O/c1-3-4-5-6-13-24-19-10-8-17(9-11-19)21-22-15-18-14-16(2)7-12-20(18)23-21/h8-11,15-16H,3-7,12-14H2,1-2H3.